The molecule has 1 N–H and O–H groups in total. The third kappa shape index (κ3) is 2.45. The molecule has 0 amide bonds. The molecule has 1 aromatic carbocycles. The lowest BCUT2D eigenvalue weighted by atomic mass is 9.97. The number of benzene rings is 1. The maximum Gasteiger partial charge on any atom is 0.0983 e. The van der Waals surface area contributed by atoms with E-state index in [9.17, 15) is 5.11 Å². The van der Waals surface area contributed by atoms with E-state index in [0.29, 0.717) is 0 Å². The number of aliphatic hydroxyl groups is 1. The standard InChI is InChI=1S/C12H13NO/c1-2-6-11(9-13)12(14)10-7-4-3-5-8-10/h2-8,11-12,14H,1H3/b6-2+. The Balaban J connectivity index is 2.84. The summed E-state index contributed by atoms with van der Waals surface area (Å²) in [5.41, 5.74) is 0.775. The van der Waals surface area contributed by atoms with Crippen LogP contribution in [-0.4, -0.2) is 5.11 Å². The quantitative estimate of drug-likeness (QED) is 0.738. The molecular weight excluding hydrogens is 174 g/mol. The van der Waals surface area contributed by atoms with Gasteiger partial charge in [-0.15, -0.1) is 0 Å². The molecule has 1 aromatic rings. The number of hydrogen-bond acceptors (Lipinski definition) is 2. The van der Waals surface area contributed by atoms with Gasteiger partial charge in [0.25, 0.3) is 0 Å². The Bertz CT molecular complexity index is 337. The van der Waals surface area contributed by atoms with Crippen LogP contribution in [0.5, 0.6) is 0 Å². The normalized spacial score (nSPS) is 14.9. The summed E-state index contributed by atoms with van der Waals surface area (Å²) in [5.74, 6) is -0.470. The zero-order valence-corrected chi connectivity index (χ0v) is 8.09. The van der Waals surface area contributed by atoms with E-state index in [4.69, 9.17) is 5.26 Å². The van der Waals surface area contributed by atoms with Crippen molar-refractivity contribution in [1.82, 2.24) is 0 Å². The van der Waals surface area contributed by atoms with Gasteiger partial charge in [-0.3, -0.25) is 0 Å². The molecule has 0 spiro atoms. The molecule has 14 heavy (non-hydrogen) atoms. The highest BCUT2D eigenvalue weighted by molar-refractivity contribution is 5.21. The zero-order chi connectivity index (χ0) is 10.4. The number of nitriles is 1. The van der Waals surface area contributed by atoms with E-state index in [1.54, 1.807) is 12.2 Å². The molecule has 1 rings (SSSR count). The maximum atomic E-state index is 9.84. The first-order valence-corrected chi connectivity index (χ1v) is 4.55. The minimum atomic E-state index is -0.739. The van der Waals surface area contributed by atoms with Crippen LogP contribution < -0.4 is 0 Å². The van der Waals surface area contributed by atoms with Gasteiger partial charge >= 0.3 is 0 Å². The van der Waals surface area contributed by atoms with Crippen LogP contribution >= 0.6 is 0 Å². The lowest BCUT2D eigenvalue weighted by molar-refractivity contribution is 0.154. The Morgan fingerprint density at radius 1 is 1.36 bits per heavy atom. The molecule has 0 aromatic heterocycles. The molecule has 2 heteroatoms. The molecule has 72 valence electrons. The number of nitrogens with zero attached hydrogens (tertiary/aromatic N) is 1. The van der Waals surface area contributed by atoms with E-state index in [2.05, 4.69) is 6.07 Å². The predicted molar refractivity (Wildman–Crippen MR) is 55.3 cm³/mol. The second-order valence-corrected chi connectivity index (χ2v) is 3.04. The van der Waals surface area contributed by atoms with Crippen molar-refractivity contribution in [3.05, 3.63) is 48.0 Å². The number of allylic oxidation sites excluding steroid dienone is 1. The van der Waals surface area contributed by atoms with Crippen molar-refractivity contribution in [1.29, 1.82) is 5.26 Å². The van der Waals surface area contributed by atoms with Crippen LogP contribution in [0.3, 0.4) is 0 Å². The minimum Gasteiger partial charge on any atom is -0.387 e. The average molecular weight is 187 g/mol. The summed E-state index contributed by atoms with van der Waals surface area (Å²) >= 11 is 0. The molecule has 0 bridgehead atoms. The van der Waals surface area contributed by atoms with Crippen molar-refractivity contribution in [2.45, 2.75) is 13.0 Å². The molecule has 2 atom stereocenters. The van der Waals surface area contributed by atoms with Crippen molar-refractivity contribution in [3.63, 3.8) is 0 Å². The third-order valence-electron chi connectivity index (χ3n) is 2.03. The van der Waals surface area contributed by atoms with Gasteiger partial charge in [-0.05, 0) is 12.5 Å². The summed E-state index contributed by atoms with van der Waals surface area (Å²) in [6.45, 7) is 1.84. The fraction of sp³-hybridized carbons (Fsp3) is 0.250. The van der Waals surface area contributed by atoms with Crippen LogP contribution in [0.15, 0.2) is 42.5 Å². The number of aliphatic hydroxyl groups excluding tert-OH is 1. The van der Waals surface area contributed by atoms with Crippen molar-refractivity contribution in [2.24, 2.45) is 5.92 Å². The first kappa shape index (κ1) is 10.5. The molecule has 2 unspecified atom stereocenters. The van der Waals surface area contributed by atoms with E-state index in [1.807, 2.05) is 37.3 Å². The average Bonchev–Trinajstić information content (AvgIpc) is 2.26. The summed E-state index contributed by atoms with van der Waals surface area (Å²) in [4.78, 5) is 0. The Kier molecular flexibility index (Phi) is 3.90. The van der Waals surface area contributed by atoms with E-state index in [0.717, 1.165) is 5.56 Å². The van der Waals surface area contributed by atoms with Crippen LogP contribution in [0, 0.1) is 17.2 Å². The summed E-state index contributed by atoms with van der Waals surface area (Å²) < 4.78 is 0. The fourth-order valence-electron chi connectivity index (χ4n) is 1.28. The molecule has 0 fully saturated rings. The van der Waals surface area contributed by atoms with Crippen LogP contribution in [0.1, 0.15) is 18.6 Å². The Hall–Kier alpha value is -1.59. The van der Waals surface area contributed by atoms with Gasteiger partial charge in [-0.2, -0.15) is 5.26 Å². The molecule has 0 saturated carbocycles. The van der Waals surface area contributed by atoms with Crippen LogP contribution in [0.4, 0.5) is 0 Å². The summed E-state index contributed by atoms with van der Waals surface area (Å²) in [5, 5.41) is 18.7. The Morgan fingerprint density at radius 3 is 2.50 bits per heavy atom. The molecule has 0 aliphatic carbocycles. The molecular formula is C12H13NO. The highest BCUT2D eigenvalue weighted by atomic mass is 16.3. The molecule has 2 nitrogen and oxygen atoms in total. The summed E-state index contributed by atoms with van der Waals surface area (Å²) in [6.07, 6.45) is 2.75. The monoisotopic (exact) mass is 187 g/mol. The van der Waals surface area contributed by atoms with Crippen molar-refractivity contribution >= 4 is 0 Å². The molecule has 0 aliphatic rings. The summed E-state index contributed by atoms with van der Waals surface area (Å²) in [6, 6.07) is 11.3. The second-order valence-electron chi connectivity index (χ2n) is 3.04. The van der Waals surface area contributed by atoms with Gasteiger partial charge in [0, 0.05) is 0 Å². The van der Waals surface area contributed by atoms with Gasteiger partial charge in [0.15, 0.2) is 0 Å². The van der Waals surface area contributed by atoms with Crippen LogP contribution in [0.2, 0.25) is 0 Å². The van der Waals surface area contributed by atoms with E-state index in [1.165, 1.54) is 0 Å². The molecule has 0 aliphatic heterocycles. The highest BCUT2D eigenvalue weighted by Gasteiger charge is 2.16. The van der Waals surface area contributed by atoms with Gasteiger partial charge in [0.2, 0.25) is 0 Å². The molecule has 0 radical (unpaired) electrons. The molecule has 0 heterocycles. The van der Waals surface area contributed by atoms with Crippen LogP contribution in [0.25, 0.3) is 0 Å². The van der Waals surface area contributed by atoms with Gasteiger partial charge in [0.1, 0.15) is 0 Å². The van der Waals surface area contributed by atoms with E-state index in [-0.39, 0.29) is 0 Å². The lowest BCUT2D eigenvalue weighted by Gasteiger charge is -2.13. The second kappa shape index (κ2) is 5.21. The van der Waals surface area contributed by atoms with Gasteiger partial charge < -0.3 is 5.11 Å². The fourth-order valence-corrected chi connectivity index (χ4v) is 1.28. The van der Waals surface area contributed by atoms with Gasteiger partial charge in [0.05, 0.1) is 18.1 Å². The Morgan fingerprint density at radius 2 is 2.00 bits per heavy atom. The van der Waals surface area contributed by atoms with E-state index < -0.39 is 12.0 Å². The number of rotatable bonds is 3. The van der Waals surface area contributed by atoms with Crippen molar-refractivity contribution < 1.29 is 5.11 Å². The molecule has 0 saturated heterocycles. The largest absolute Gasteiger partial charge is 0.387 e. The SMILES string of the molecule is C/C=C/C(C#N)C(O)c1ccccc1. The van der Waals surface area contributed by atoms with Crippen molar-refractivity contribution in [3.8, 4) is 6.07 Å². The van der Waals surface area contributed by atoms with Gasteiger partial charge in [-0.25, -0.2) is 0 Å². The maximum absolute atomic E-state index is 9.84. The predicted octanol–water partition coefficient (Wildman–Crippen LogP) is 2.44. The minimum absolute atomic E-state index is 0.470. The number of hydrogen-bond donors (Lipinski definition) is 1. The highest BCUT2D eigenvalue weighted by Crippen LogP contribution is 2.22. The van der Waals surface area contributed by atoms with Crippen molar-refractivity contribution in [2.75, 3.05) is 0 Å². The van der Waals surface area contributed by atoms with Crippen LogP contribution in [-0.2, 0) is 0 Å². The topological polar surface area (TPSA) is 44.0 Å². The summed E-state index contributed by atoms with van der Waals surface area (Å²) in [7, 11) is 0. The zero-order valence-electron chi connectivity index (χ0n) is 8.09. The third-order valence-corrected chi connectivity index (χ3v) is 2.03. The van der Waals surface area contributed by atoms with E-state index >= 15 is 0 Å². The smallest absolute Gasteiger partial charge is 0.0983 e. The first-order chi connectivity index (χ1) is 6.79. The lowest BCUT2D eigenvalue weighted by Crippen LogP contribution is -2.07. The Labute approximate surface area is 84.1 Å². The first-order valence-electron chi connectivity index (χ1n) is 4.55. The van der Waals surface area contributed by atoms with Gasteiger partial charge in [-0.1, -0.05) is 42.5 Å².